The molecule has 0 radical (unpaired) electrons. The normalized spacial score (nSPS) is 10.2. The minimum absolute atomic E-state index is 0.0857. The summed E-state index contributed by atoms with van der Waals surface area (Å²) >= 11 is 0. The van der Waals surface area contributed by atoms with Crippen molar-refractivity contribution in [3.05, 3.63) is 29.3 Å². The standard InChI is InChI=1S/C15H21NO3/c1-3-19-15(18)9-7-13(17)6-4-12-5-8-14(16)11(2)10-12/h5,8,10H,3-4,6-7,9,16H2,1-2H3. The summed E-state index contributed by atoms with van der Waals surface area (Å²) in [5.41, 5.74) is 8.62. The van der Waals surface area contributed by atoms with Crippen molar-refractivity contribution in [3.63, 3.8) is 0 Å². The Morgan fingerprint density at radius 3 is 2.58 bits per heavy atom. The molecular formula is C15H21NO3. The highest BCUT2D eigenvalue weighted by Crippen LogP contribution is 2.14. The average Bonchev–Trinajstić information content (AvgIpc) is 2.38. The molecule has 1 aromatic carbocycles. The number of benzene rings is 1. The lowest BCUT2D eigenvalue weighted by molar-refractivity contribution is -0.144. The Morgan fingerprint density at radius 1 is 1.21 bits per heavy atom. The topological polar surface area (TPSA) is 69.4 Å². The zero-order valence-corrected chi connectivity index (χ0v) is 11.6. The van der Waals surface area contributed by atoms with Crippen LogP contribution in [0.5, 0.6) is 0 Å². The molecule has 0 aliphatic rings. The maximum atomic E-state index is 11.6. The van der Waals surface area contributed by atoms with E-state index < -0.39 is 0 Å². The smallest absolute Gasteiger partial charge is 0.306 e. The van der Waals surface area contributed by atoms with Crippen LogP contribution in [-0.4, -0.2) is 18.4 Å². The number of ketones is 1. The van der Waals surface area contributed by atoms with Crippen LogP contribution in [0.25, 0.3) is 0 Å². The number of ether oxygens (including phenoxy) is 1. The molecule has 0 bridgehead atoms. The van der Waals surface area contributed by atoms with Crippen molar-refractivity contribution in [2.24, 2.45) is 0 Å². The van der Waals surface area contributed by atoms with Gasteiger partial charge in [-0.15, -0.1) is 0 Å². The van der Waals surface area contributed by atoms with Crippen molar-refractivity contribution >= 4 is 17.4 Å². The molecule has 0 saturated carbocycles. The lowest BCUT2D eigenvalue weighted by Gasteiger charge is -2.05. The molecule has 4 nitrogen and oxygen atoms in total. The second-order valence-corrected chi connectivity index (χ2v) is 4.53. The van der Waals surface area contributed by atoms with Gasteiger partial charge in [-0.2, -0.15) is 0 Å². The van der Waals surface area contributed by atoms with Gasteiger partial charge in [0.1, 0.15) is 5.78 Å². The van der Waals surface area contributed by atoms with Gasteiger partial charge in [-0.25, -0.2) is 0 Å². The molecule has 1 aromatic rings. The van der Waals surface area contributed by atoms with Crippen molar-refractivity contribution < 1.29 is 14.3 Å². The van der Waals surface area contributed by atoms with Crippen LogP contribution in [0.1, 0.15) is 37.3 Å². The van der Waals surface area contributed by atoms with Crippen molar-refractivity contribution in [1.29, 1.82) is 0 Å². The van der Waals surface area contributed by atoms with Crippen LogP contribution in [0.15, 0.2) is 18.2 Å². The fourth-order valence-corrected chi connectivity index (χ4v) is 1.78. The monoisotopic (exact) mass is 263 g/mol. The molecule has 0 amide bonds. The average molecular weight is 263 g/mol. The van der Waals surface area contributed by atoms with E-state index in [-0.39, 0.29) is 24.6 Å². The second kappa shape index (κ2) is 7.56. The highest BCUT2D eigenvalue weighted by atomic mass is 16.5. The molecule has 0 aliphatic heterocycles. The summed E-state index contributed by atoms with van der Waals surface area (Å²) in [5.74, 6) is -0.221. The first-order valence-electron chi connectivity index (χ1n) is 6.55. The molecular weight excluding hydrogens is 242 g/mol. The van der Waals surface area contributed by atoms with Crippen LogP contribution in [0.4, 0.5) is 5.69 Å². The zero-order valence-electron chi connectivity index (χ0n) is 11.6. The molecule has 104 valence electrons. The maximum Gasteiger partial charge on any atom is 0.306 e. The molecule has 0 unspecified atom stereocenters. The van der Waals surface area contributed by atoms with Gasteiger partial charge >= 0.3 is 5.97 Å². The minimum atomic E-state index is -0.306. The van der Waals surface area contributed by atoms with Gasteiger partial charge in [-0.1, -0.05) is 12.1 Å². The van der Waals surface area contributed by atoms with Crippen LogP contribution in [0.3, 0.4) is 0 Å². The van der Waals surface area contributed by atoms with E-state index in [4.69, 9.17) is 10.5 Å². The third-order valence-electron chi connectivity index (χ3n) is 2.94. The van der Waals surface area contributed by atoms with Crippen LogP contribution >= 0.6 is 0 Å². The number of Topliss-reactive ketones (excluding diaryl/α,β-unsaturated/α-hetero) is 1. The van der Waals surface area contributed by atoms with E-state index in [0.717, 1.165) is 16.8 Å². The van der Waals surface area contributed by atoms with Gasteiger partial charge < -0.3 is 10.5 Å². The van der Waals surface area contributed by atoms with E-state index in [1.165, 1.54) is 0 Å². The third-order valence-corrected chi connectivity index (χ3v) is 2.94. The quantitative estimate of drug-likeness (QED) is 0.606. The van der Waals surface area contributed by atoms with E-state index >= 15 is 0 Å². The summed E-state index contributed by atoms with van der Waals surface area (Å²) in [6.45, 7) is 4.06. The first-order chi connectivity index (χ1) is 9.02. The SMILES string of the molecule is CCOC(=O)CCC(=O)CCc1ccc(N)c(C)c1. The number of nitrogen functional groups attached to an aromatic ring is 1. The highest BCUT2D eigenvalue weighted by Gasteiger charge is 2.08. The Balaban J connectivity index is 2.33. The fraction of sp³-hybridized carbons (Fsp3) is 0.467. The summed E-state index contributed by atoms with van der Waals surface area (Å²) in [5, 5.41) is 0. The number of hydrogen-bond donors (Lipinski definition) is 1. The Labute approximate surface area is 113 Å². The maximum absolute atomic E-state index is 11.6. The molecule has 0 fully saturated rings. The molecule has 0 atom stereocenters. The molecule has 1 rings (SSSR count). The van der Waals surface area contributed by atoms with Gasteiger partial charge in [-0.05, 0) is 37.5 Å². The predicted octanol–water partition coefficient (Wildman–Crippen LogP) is 2.42. The van der Waals surface area contributed by atoms with E-state index in [2.05, 4.69) is 0 Å². The summed E-state index contributed by atoms with van der Waals surface area (Å²) in [6, 6.07) is 5.78. The Kier molecular flexibility index (Phi) is 6.06. The van der Waals surface area contributed by atoms with Gasteiger partial charge in [0, 0.05) is 18.5 Å². The van der Waals surface area contributed by atoms with Crippen LogP contribution < -0.4 is 5.73 Å². The van der Waals surface area contributed by atoms with E-state index in [0.29, 0.717) is 19.4 Å². The number of esters is 1. The summed E-state index contributed by atoms with van der Waals surface area (Å²) in [4.78, 5) is 22.8. The first-order valence-corrected chi connectivity index (χ1v) is 6.55. The summed E-state index contributed by atoms with van der Waals surface area (Å²) < 4.78 is 4.78. The third kappa shape index (κ3) is 5.55. The molecule has 0 saturated heterocycles. The number of carbonyl (C=O) groups is 2. The van der Waals surface area contributed by atoms with Gasteiger partial charge in [0.05, 0.1) is 13.0 Å². The fourth-order valence-electron chi connectivity index (χ4n) is 1.78. The largest absolute Gasteiger partial charge is 0.466 e. The molecule has 0 heterocycles. The van der Waals surface area contributed by atoms with Gasteiger partial charge in [0.15, 0.2) is 0 Å². The number of hydrogen-bond acceptors (Lipinski definition) is 4. The summed E-state index contributed by atoms with van der Waals surface area (Å²) in [7, 11) is 0. The van der Waals surface area contributed by atoms with E-state index in [1.54, 1.807) is 6.92 Å². The summed E-state index contributed by atoms with van der Waals surface area (Å²) in [6.07, 6.45) is 1.56. The molecule has 2 N–H and O–H groups in total. The zero-order chi connectivity index (χ0) is 14.3. The van der Waals surface area contributed by atoms with Crippen LogP contribution in [-0.2, 0) is 20.7 Å². The van der Waals surface area contributed by atoms with Crippen molar-refractivity contribution in [2.75, 3.05) is 12.3 Å². The molecule has 0 aromatic heterocycles. The number of carbonyl (C=O) groups excluding carboxylic acids is 2. The van der Waals surface area contributed by atoms with Crippen molar-refractivity contribution in [3.8, 4) is 0 Å². The molecule has 0 spiro atoms. The Morgan fingerprint density at radius 2 is 1.95 bits per heavy atom. The second-order valence-electron chi connectivity index (χ2n) is 4.53. The van der Waals surface area contributed by atoms with Crippen LogP contribution in [0, 0.1) is 6.92 Å². The first kappa shape index (κ1) is 15.2. The number of aryl methyl sites for hydroxylation is 2. The molecule has 4 heteroatoms. The van der Waals surface area contributed by atoms with Gasteiger partial charge in [0.25, 0.3) is 0 Å². The van der Waals surface area contributed by atoms with Crippen LogP contribution in [0.2, 0.25) is 0 Å². The number of nitrogens with two attached hydrogens (primary N) is 1. The number of rotatable bonds is 7. The minimum Gasteiger partial charge on any atom is -0.466 e. The predicted molar refractivity (Wildman–Crippen MR) is 74.8 cm³/mol. The lowest BCUT2D eigenvalue weighted by Crippen LogP contribution is -2.08. The van der Waals surface area contributed by atoms with E-state index in [1.807, 2.05) is 25.1 Å². The molecule has 19 heavy (non-hydrogen) atoms. The van der Waals surface area contributed by atoms with Gasteiger partial charge in [0.2, 0.25) is 0 Å². The molecule has 0 aliphatic carbocycles. The Bertz CT molecular complexity index is 455. The van der Waals surface area contributed by atoms with Crippen molar-refractivity contribution in [1.82, 2.24) is 0 Å². The highest BCUT2D eigenvalue weighted by molar-refractivity contribution is 5.83. The Hall–Kier alpha value is -1.84. The number of anilines is 1. The van der Waals surface area contributed by atoms with Crippen molar-refractivity contribution in [2.45, 2.75) is 39.5 Å². The van der Waals surface area contributed by atoms with Gasteiger partial charge in [-0.3, -0.25) is 9.59 Å². The lowest BCUT2D eigenvalue weighted by atomic mass is 10.0. The van der Waals surface area contributed by atoms with E-state index in [9.17, 15) is 9.59 Å².